The van der Waals surface area contributed by atoms with Crippen molar-refractivity contribution in [2.45, 2.75) is 25.2 Å². The molecule has 2 unspecified atom stereocenters. The van der Waals surface area contributed by atoms with E-state index in [2.05, 4.69) is 52.4 Å². The Balaban J connectivity index is 1.98. The Morgan fingerprint density at radius 2 is 1.86 bits per heavy atom. The quantitative estimate of drug-likeness (QED) is 0.825. The third kappa shape index (κ3) is 3.19. The number of hydrogen-bond donors (Lipinski definition) is 1. The van der Waals surface area contributed by atoms with Gasteiger partial charge in [0.1, 0.15) is 5.82 Å². The van der Waals surface area contributed by atoms with Crippen LogP contribution in [0.4, 0.5) is 4.39 Å². The molecule has 110 valence electrons. The number of halogens is 2. The largest absolute Gasteiger partial charge is 0.316 e. The van der Waals surface area contributed by atoms with E-state index in [0.717, 1.165) is 29.5 Å². The van der Waals surface area contributed by atoms with Gasteiger partial charge in [0.2, 0.25) is 0 Å². The average molecular weight is 348 g/mol. The first-order valence-electron chi connectivity index (χ1n) is 7.37. The number of benzene rings is 2. The number of rotatable bonds is 2. The third-order valence-corrected chi connectivity index (χ3v) is 4.84. The van der Waals surface area contributed by atoms with E-state index in [-0.39, 0.29) is 11.7 Å². The summed E-state index contributed by atoms with van der Waals surface area (Å²) in [5.74, 6) is 0.455. The van der Waals surface area contributed by atoms with Crippen molar-refractivity contribution < 1.29 is 4.39 Å². The van der Waals surface area contributed by atoms with Crippen LogP contribution in [0, 0.1) is 12.7 Å². The Hall–Kier alpha value is -1.19. The monoisotopic (exact) mass is 347 g/mol. The number of aryl methyl sites for hydroxylation is 1. The summed E-state index contributed by atoms with van der Waals surface area (Å²) < 4.78 is 15.2. The van der Waals surface area contributed by atoms with Crippen molar-refractivity contribution in [1.82, 2.24) is 5.32 Å². The molecule has 21 heavy (non-hydrogen) atoms. The van der Waals surface area contributed by atoms with Crippen LogP contribution < -0.4 is 5.32 Å². The summed E-state index contributed by atoms with van der Waals surface area (Å²) in [5.41, 5.74) is 3.38. The molecule has 0 spiro atoms. The second-order valence-corrected chi connectivity index (χ2v) is 6.70. The fourth-order valence-corrected chi connectivity index (χ4v) is 3.57. The van der Waals surface area contributed by atoms with Gasteiger partial charge in [0.05, 0.1) is 0 Å². The molecule has 2 aromatic rings. The van der Waals surface area contributed by atoms with Crippen LogP contribution in [0.15, 0.2) is 46.9 Å². The van der Waals surface area contributed by atoms with Crippen molar-refractivity contribution in [1.29, 1.82) is 0 Å². The lowest BCUT2D eigenvalue weighted by Gasteiger charge is -2.33. The molecule has 2 aromatic carbocycles. The van der Waals surface area contributed by atoms with E-state index in [1.165, 1.54) is 11.1 Å². The van der Waals surface area contributed by atoms with Crippen LogP contribution in [-0.2, 0) is 0 Å². The molecule has 0 aromatic heterocycles. The number of hydrogen-bond acceptors (Lipinski definition) is 1. The van der Waals surface area contributed by atoms with Gasteiger partial charge in [0.25, 0.3) is 0 Å². The second-order valence-electron chi connectivity index (χ2n) is 5.78. The van der Waals surface area contributed by atoms with E-state index in [1.807, 2.05) is 6.07 Å². The molecule has 0 aliphatic carbocycles. The maximum atomic E-state index is 14.3. The first kappa shape index (κ1) is 14.7. The Kier molecular flexibility index (Phi) is 4.41. The fourth-order valence-electron chi connectivity index (χ4n) is 3.19. The van der Waals surface area contributed by atoms with Gasteiger partial charge in [-0.1, -0.05) is 45.8 Å². The molecule has 1 aliphatic heterocycles. The smallest absolute Gasteiger partial charge is 0.126 e. The summed E-state index contributed by atoms with van der Waals surface area (Å²) in [7, 11) is 0. The van der Waals surface area contributed by atoms with Crippen LogP contribution in [0.5, 0.6) is 0 Å². The first-order valence-corrected chi connectivity index (χ1v) is 8.16. The van der Waals surface area contributed by atoms with Gasteiger partial charge in [-0.05, 0) is 55.1 Å². The molecule has 0 amide bonds. The lowest BCUT2D eigenvalue weighted by atomic mass is 9.77. The van der Waals surface area contributed by atoms with E-state index >= 15 is 0 Å². The topological polar surface area (TPSA) is 12.0 Å². The molecule has 2 atom stereocenters. The SMILES string of the molecule is Cc1ccc(C2CNCCC2c2cc(Br)ccc2F)cc1. The maximum Gasteiger partial charge on any atom is 0.126 e. The van der Waals surface area contributed by atoms with Gasteiger partial charge >= 0.3 is 0 Å². The summed E-state index contributed by atoms with van der Waals surface area (Å²) in [6.45, 7) is 3.94. The molecule has 3 rings (SSSR count). The van der Waals surface area contributed by atoms with E-state index in [0.29, 0.717) is 5.92 Å². The molecule has 1 heterocycles. The van der Waals surface area contributed by atoms with Crippen molar-refractivity contribution in [2.24, 2.45) is 0 Å². The van der Waals surface area contributed by atoms with Gasteiger partial charge in [0.15, 0.2) is 0 Å². The maximum absolute atomic E-state index is 14.3. The Bertz CT molecular complexity index is 624. The van der Waals surface area contributed by atoms with Crippen LogP contribution in [-0.4, -0.2) is 13.1 Å². The molecular weight excluding hydrogens is 329 g/mol. The van der Waals surface area contributed by atoms with Crippen LogP contribution >= 0.6 is 15.9 Å². The first-order chi connectivity index (χ1) is 10.1. The van der Waals surface area contributed by atoms with Crippen molar-refractivity contribution in [3.05, 3.63) is 69.4 Å². The predicted molar refractivity (Wildman–Crippen MR) is 88.2 cm³/mol. The Morgan fingerprint density at radius 3 is 2.62 bits per heavy atom. The normalized spacial score (nSPS) is 22.2. The zero-order valence-corrected chi connectivity index (χ0v) is 13.7. The van der Waals surface area contributed by atoms with Crippen LogP contribution in [0.3, 0.4) is 0 Å². The fraction of sp³-hybridized carbons (Fsp3) is 0.333. The minimum atomic E-state index is -0.0952. The van der Waals surface area contributed by atoms with Gasteiger partial charge in [-0.25, -0.2) is 4.39 Å². The van der Waals surface area contributed by atoms with Gasteiger partial charge in [0, 0.05) is 16.9 Å². The summed E-state index contributed by atoms with van der Waals surface area (Å²) in [6.07, 6.45) is 0.964. The summed E-state index contributed by atoms with van der Waals surface area (Å²) >= 11 is 3.47. The zero-order chi connectivity index (χ0) is 14.8. The molecule has 0 bridgehead atoms. The lowest BCUT2D eigenvalue weighted by Crippen LogP contribution is -2.34. The minimum absolute atomic E-state index is 0.0952. The Morgan fingerprint density at radius 1 is 1.10 bits per heavy atom. The standard InChI is InChI=1S/C18H19BrFN/c1-12-2-4-13(5-3-12)17-11-21-9-8-15(17)16-10-14(19)6-7-18(16)20/h2-7,10,15,17,21H,8-9,11H2,1H3. The summed E-state index contributed by atoms with van der Waals surface area (Å²) in [5, 5.41) is 3.45. The van der Waals surface area contributed by atoms with E-state index in [9.17, 15) is 4.39 Å². The minimum Gasteiger partial charge on any atom is -0.316 e. The molecule has 1 saturated heterocycles. The molecule has 1 N–H and O–H groups in total. The molecule has 1 aliphatic rings. The van der Waals surface area contributed by atoms with Gasteiger partial charge in [-0.3, -0.25) is 0 Å². The van der Waals surface area contributed by atoms with E-state index in [4.69, 9.17) is 0 Å². The zero-order valence-electron chi connectivity index (χ0n) is 12.1. The second kappa shape index (κ2) is 6.29. The molecule has 3 heteroatoms. The molecule has 1 nitrogen and oxygen atoms in total. The third-order valence-electron chi connectivity index (χ3n) is 4.35. The average Bonchev–Trinajstić information content (AvgIpc) is 2.51. The predicted octanol–water partition coefficient (Wildman–Crippen LogP) is 4.76. The van der Waals surface area contributed by atoms with Gasteiger partial charge in [-0.15, -0.1) is 0 Å². The lowest BCUT2D eigenvalue weighted by molar-refractivity contribution is 0.393. The summed E-state index contributed by atoms with van der Waals surface area (Å²) in [6, 6.07) is 13.9. The van der Waals surface area contributed by atoms with Crippen LogP contribution in [0.2, 0.25) is 0 Å². The highest BCUT2D eigenvalue weighted by Gasteiger charge is 2.29. The Labute approximate surface area is 133 Å². The molecule has 1 fully saturated rings. The number of piperidine rings is 1. The van der Waals surface area contributed by atoms with Crippen molar-refractivity contribution in [3.63, 3.8) is 0 Å². The highest BCUT2D eigenvalue weighted by Crippen LogP contribution is 2.39. The number of nitrogens with one attached hydrogen (secondary N) is 1. The van der Waals surface area contributed by atoms with E-state index < -0.39 is 0 Å². The van der Waals surface area contributed by atoms with Crippen molar-refractivity contribution in [3.8, 4) is 0 Å². The van der Waals surface area contributed by atoms with Gasteiger partial charge < -0.3 is 5.32 Å². The molecular formula is C18H19BrFN. The van der Waals surface area contributed by atoms with Crippen molar-refractivity contribution >= 4 is 15.9 Å². The highest BCUT2D eigenvalue weighted by atomic mass is 79.9. The van der Waals surface area contributed by atoms with Crippen LogP contribution in [0.25, 0.3) is 0 Å². The summed E-state index contributed by atoms with van der Waals surface area (Å²) in [4.78, 5) is 0. The van der Waals surface area contributed by atoms with Crippen molar-refractivity contribution in [2.75, 3.05) is 13.1 Å². The van der Waals surface area contributed by atoms with Crippen LogP contribution in [0.1, 0.15) is 34.9 Å². The molecule has 0 radical (unpaired) electrons. The molecule has 0 saturated carbocycles. The van der Waals surface area contributed by atoms with E-state index in [1.54, 1.807) is 12.1 Å². The van der Waals surface area contributed by atoms with Gasteiger partial charge in [-0.2, -0.15) is 0 Å². The highest BCUT2D eigenvalue weighted by molar-refractivity contribution is 9.10.